The molecule has 0 bridgehead atoms. The number of rotatable bonds is 3. The molecule has 4 rings (SSSR count). The number of carbonyl (C=O) groups excluding carboxylic acids is 2. The standard InChI is InChI=1S/C19H22N2O5/c1-24-16-13-5-2-3-6-14(13)26-17(16)19(23)21-10-8-20(9-11-21)18(22)15-7-4-12-25-15/h2-3,5-6,15H,4,7-12H2,1H3/t15-/m0/s1. The minimum Gasteiger partial charge on any atom is -0.492 e. The average Bonchev–Trinajstić information content (AvgIpc) is 3.34. The Kier molecular flexibility index (Phi) is 4.55. The van der Waals surface area contributed by atoms with Crippen LogP contribution in [0.15, 0.2) is 28.7 Å². The van der Waals surface area contributed by atoms with E-state index in [1.54, 1.807) is 9.80 Å². The Labute approximate surface area is 151 Å². The van der Waals surface area contributed by atoms with Crippen molar-refractivity contribution in [2.24, 2.45) is 0 Å². The first-order chi connectivity index (χ1) is 12.7. The van der Waals surface area contributed by atoms with E-state index in [2.05, 4.69) is 0 Å². The summed E-state index contributed by atoms with van der Waals surface area (Å²) in [5.41, 5.74) is 0.625. The third-order valence-corrected chi connectivity index (χ3v) is 5.03. The molecule has 1 aromatic heterocycles. The van der Waals surface area contributed by atoms with E-state index in [0.29, 0.717) is 44.1 Å². The Balaban J connectivity index is 1.46. The quantitative estimate of drug-likeness (QED) is 0.838. The monoisotopic (exact) mass is 358 g/mol. The summed E-state index contributed by atoms with van der Waals surface area (Å²) in [6.45, 7) is 2.61. The molecule has 2 fully saturated rings. The molecule has 1 aromatic carbocycles. The number of carbonyl (C=O) groups is 2. The van der Waals surface area contributed by atoms with E-state index in [4.69, 9.17) is 13.9 Å². The lowest BCUT2D eigenvalue weighted by atomic mass is 10.2. The van der Waals surface area contributed by atoms with Gasteiger partial charge in [0.25, 0.3) is 11.8 Å². The summed E-state index contributed by atoms with van der Waals surface area (Å²) in [4.78, 5) is 28.8. The van der Waals surface area contributed by atoms with Crippen molar-refractivity contribution in [1.82, 2.24) is 9.80 Å². The van der Waals surface area contributed by atoms with Gasteiger partial charge in [0, 0.05) is 32.8 Å². The van der Waals surface area contributed by atoms with Crippen LogP contribution in [0.4, 0.5) is 0 Å². The molecule has 0 aliphatic carbocycles. The summed E-state index contributed by atoms with van der Waals surface area (Å²) in [6.07, 6.45) is 1.40. The fourth-order valence-corrected chi connectivity index (χ4v) is 3.61. The Morgan fingerprint density at radius 3 is 2.54 bits per heavy atom. The first kappa shape index (κ1) is 16.9. The third kappa shape index (κ3) is 2.92. The normalized spacial score (nSPS) is 20.6. The molecule has 0 unspecified atom stereocenters. The molecule has 0 saturated carbocycles. The summed E-state index contributed by atoms with van der Waals surface area (Å²) >= 11 is 0. The van der Waals surface area contributed by atoms with Gasteiger partial charge in [-0.2, -0.15) is 0 Å². The van der Waals surface area contributed by atoms with Gasteiger partial charge in [-0.1, -0.05) is 12.1 Å². The van der Waals surface area contributed by atoms with Gasteiger partial charge in [0.1, 0.15) is 11.7 Å². The molecule has 7 nitrogen and oxygen atoms in total. The topological polar surface area (TPSA) is 72.2 Å². The second kappa shape index (κ2) is 6.99. The van der Waals surface area contributed by atoms with Crippen LogP contribution in [0, 0.1) is 0 Å². The Morgan fingerprint density at radius 1 is 1.12 bits per heavy atom. The van der Waals surface area contributed by atoms with E-state index in [9.17, 15) is 9.59 Å². The predicted molar refractivity (Wildman–Crippen MR) is 94.2 cm³/mol. The molecule has 7 heteroatoms. The van der Waals surface area contributed by atoms with E-state index in [1.165, 1.54) is 7.11 Å². The van der Waals surface area contributed by atoms with Crippen LogP contribution in [0.3, 0.4) is 0 Å². The number of para-hydroxylation sites is 1. The van der Waals surface area contributed by atoms with E-state index in [0.717, 1.165) is 18.2 Å². The number of methoxy groups -OCH3 is 1. The van der Waals surface area contributed by atoms with Crippen molar-refractivity contribution in [3.8, 4) is 5.75 Å². The average molecular weight is 358 g/mol. The van der Waals surface area contributed by atoms with Crippen LogP contribution in [0.1, 0.15) is 23.4 Å². The van der Waals surface area contributed by atoms with Gasteiger partial charge in [-0.3, -0.25) is 9.59 Å². The smallest absolute Gasteiger partial charge is 0.293 e. The minimum absolute atomic E-state index is 0.0379. The summed E-state index contributed by atoms with van der Waals surface area (Å²) in [6, 6.07) is 7.42. The van der Waals surface area contributed by atoms with Crippen LogP contribution in [0.2, 0.25) is 0 Å². The fourth-order valence-electron chi connectivity index (χ4n) is 3.61. The predicted octanol–water partition coefficient (Wildman–Crippen LogP) is 1.90. The highest BCUT2D eigenvalue weighted by atomic mass is 16.5. The molecule has 2 aromatic rings. The van der Waals surface area contributed by atoms with Crippen molar-refractivity contribution < 1.29 is 23.5 Å². The van der Waals surface area contributed by atoms with Crippen molar-refractivity contribution in [3.05, 3.63) is 30.0 Å². The van der Waals surface area contributed by atoms with E-state index in [-0.39, 0.29) is 23.7 Å². The molecule has 2 aliphatic rings. The Bertz CT molecular complexity index is 816. The lowest BCUT2D eigenvalue weighted by Crippen LogP contribution is -2.52. The van der Waals surface area contributed by atoms with Gasteiger partial charge in [0.05, 0.1) is 12.5 Å². The SMILES string of the molecule is COc1c(C(=O)N2CCN(C(=O)[C@@H]3CCCO3)CC2)oc2ccccc12. The first-order valence-corrected chi connectivity index (χ1v) is 8.94. The number of hydrogen-bond donors (Lipinski definition) is 0. The lowest BCUT2D eigenvalue weighted by molar-refractivity contribution is -0.142. The van der Waals surface area contributed by atoms with E-state index >= 15 is 0 Å². The zero-order valence-corrected chi connectivity index (χ0v) is 14.8. The van der Waals surface area contributed by atoms with Gasteiger partial charge in [0.15, 0.2) is 5.75 Å². The number of fused-ring (bicyclic) bond motifs is 1. The molecule has 3 heterocycles. The fraction of sp³-hybridized carbons (Fsp3) is 0.474. The maximum atomic E-state index is 12.9. The number of furan rings is 1. The van der Waals surface area contributed by atoms with Gasteiger partial charge in [0.2, 0.25) is 5.76 Å². The molecule has 26 heavy (non-hydrogen) atoms. The zero-order valence-electron chi connectivity index (χ0n) is 14.8. The highest BCUT2D eigenvalue weighted by Gasteiger charge is 2.33. The highest BCUT2D eigenvalue weighted by Crippen LogP contribution is 2.33. The van der Waals surface area contributed by atoms with Gasteiger partial charge in [-0.05, 0) is 25.0 Å². The second-order valence-electron chi connectivity index (χ2n) is 6.58. The molecular weight excluding hydrogens is 336 g/mol. The van der Waals surface area contributed by atoms with Crippen LogP contribution in [-0.2, 0) is 9.53 Å². The number of amides is 2. The van der Waals surface area contributed by atoms with Gasteiger partial charge in [-0.15, -0.1) is 0 Å². The zero-order chi connectivity index (χ0) is 18.1. The second-order valence-corrected chi connectivity index (χ2v) is 6.58. The maximum absolute atomic E-state index is 12.9. The number of ether oxygens (including phenoxy) is 2. The molecule has 2 amide bonds. The number of nitrogens with zero attached hydrogens (tertiary/aromatic N) is 2. The van der Waals surface area contributed by atoms with Crippen molar-refractivity contribution in [3.63, 3.8) is 0 Å². The molecule has 2 aliphatic heterocycles. The Hall–Kier alpha value is -2.54. The van der Waals surface area contributed by atoms with Gasteiger partial charge >= 0.3 is 0 Å². The summed E-state index contributed by atoms with van der Waals surface area (Å²) in [7, 11) is 1.53. The van der Waals surface area contributed by atoms with Crippen molar-refractivity contribution in [2.45, 2.75) is 18.9 Å². The van der Waals surface area contributed by atoms with Crippen LogP contribution in [0.25, 0.3) is 11.0 Å². The highest BCUT2D eigenvalue weighted by molar-refractivity contribution is 6.01. The first-order valence-electron chi connectivity index (χ1n) is 8.94. The maximum Gasteiger partial charge on any atom is 0.293 e. The van der Waals surface area contributed by atoms with Crippen LogP contribution in [0.5, 0.6) is 5.75 Å². The summed E-state index contributed by atoms with van der Waals surface area (Å²) in [5.74, 6) is 0.509. The van der Waals surface area contributed by atoms with Crippen molar-refractivity contribution >= 4 is 22.8 Å². The molecule has 0 radical (unpaired) electrons. The molecule has 1 atom stereocenters. The van der Waals surface area contributed by atoms with E-state index < -0.39 is 0 Å². The van der Waals surface area contributed by atoms with Crippen molar-refractivity contribution in [1.29, 1.82) is 0 Å². The summed E-state index contributed by atoms with van der Waals surface area (Å²) in [5, 5.41) is 0.783. The van der Waals surface area contributed by atoms with Crippen molar-refractivity contribution in [2.75, 3.05) is 39.9 Å². The third-order valence-electron chi connectivity index (χ3n) is 5.03. The van der Waals surface area contributed by atoms with Gasteiger partial charge < -0.3 is 23.7 Å². The van der Waals surface area contributed by atoms with Crippen LogP contribution < -0.4 is 4.74 Å². The number of benzene rings is 1. The molecular formula is C19H22N2O5. The Morgan fingerprint density at radius 2 is 1.85 bits per heavy atom. The number of hydrogen-bond acceptors (Lipinski definition) is 5. The minimum atomic E-state index is -0.312. The van der Waals surface area contributed by atoms with Crippen LogP contribution in [-0.4, -0.2) is 67.6 Å². The van der Waals surface area contributed by atoms with Crippen LogP contribution >= 0.6 is 0 Å². The van der Waals surface area contributed by atoms with E-state index in [1.807, 2.05) is 24.3 Å². The molecule has 2 saturated heterocycles. The van der Waals surface area contributed by atoms with Gasteiger partial charge in [-0.25, -0.2) is 0 Å². The molecule has 138 valence electrons. The number of piperazine rings is 1. The lowest BCUT2D eigenvalue weighted by Gasteiger charge is -2.35. The largest absolute Gasteiger partial charge is 0.492 e. The molecule has 0 spiro atoms. The summed E-state index contributed by atoms with van der Waals surface area (Å²) < 4.78 is 16.6. The molecule has 0 N–H and O–H groups in total.